The van der Waals surface area contributed by atoms with E-state index in [1.54, 1.807) is 0 Å². The van der Waals surface area contributed by atoms with Gasteiger partial charge in [-0.2, -0.15) is 13.2 Å². The Hall–Kier alpha value is -1.85. The smallest absolute Gasteiger partial charge is 0.384 e. The third-order valence-corrected chi connectivity index (χ3v) is 2.89. The van der Waals surface area contributed by atoms with Gasteiger partial charge >= 0.3 is 17.6 Å². The van der Waals surface area contributed by atoms with Crippen molar-refractivity contribution in [2.24, 2.45) is 10.7 Å². The molecule has 0 saturated carbocycles. The number of hydrogen-bond acceptors (Lipinski definition) is 5. The first-order valence-electron chi connectivity index (χ1n) is 5.20. The van der Waals surface area contributed by atoms with Crippen LogP contribution in [0.4, 0.5) is 30.2 Å². The van der Waals surface area contributed by atoms with Crippen LogP contribution in [0.2, 0.25) is 0 Å². The van der Waals surface area contributed by atoms with E-state index in [4.69, 9.17) is 40.5 Å². The molecular weight excluding hydrogens is 391 g/mol. The normalized spacial score (nSPS) is 13.0. The third kappa shape index (κ3) is 4.56. The number of nitrogens with two attached hydrogens (primary N) is 1. The van der Waals surface area contributed by atoms with Crippen LogP contribution >= 0.6 is 34.8 Å². The zero-order valence-electron chi connectivity index (χ0n) is 10.5. The number of alkyl halides is 6. The van der Waals surface area contributed by atoms with Crippen LogP contribution in [-0.4, -0.2) is 19.5 Å². The summed E-state index contributed by atoms with van der Waals surface area (Å²) >= 11 is 16.1. The van der Waals surface area contributed by atoms with E-state index in [1.165, 1.54) is 0 Å². The molecule has 0 saturated heterocycles. The van der Waals surface area contributed by atoms with E-state index in [0.717, 1.165) is 0 Å². The number of benzene rings is 1. The van der Waals surface area contributed by atoms with E-state index in [0.29, 0.717) is 0 Å². The Bertz CT molecular complexity index is 667. The van der Waals surface area contributed by atoms with Crippen LogP contribution in [-0.2, 0) is 6.18 Å². The van der Waals surface area contributed by atoms with Crippen molar-refractivity contribution < 1.29 is 23.0 Å². The lowest BCUT2D eigenvalue weighted by molar-refractivity contribution is -0.392. The van der Waals surface area contributed by atoms with Gasteiger partial charge in [0.1, 0.15) is 0 Å². The maximum Gasteiger partial charge on any atom is 0.416 e. The van der Waals surface area contributed by atoms with Crippen LogP contribution in [0.25, 0.3) is 0 Å². The molecule has 0 bridgehead atoms. The number of aliphatic imine (C=N–C) groups is 1. The van der Waals surface area contributed by atoms with Crippen LogP contribution in [0.3, 0.4) is 0 Å². The topological polar surface area (TPSA) is 125 Å². The van der Waals surface area contributed by atoms with Gasteiger partial charge in [0.25, 0.3) is 0 Å². The molecule has 0 aromatic heterocycles. The molecule has 0 heterocycles. The van der Waals surface area contributed by atoms with Gasteiger partial charge in [-0.1, -0.05) is 34.8 Å². The summed E-state index contributed by atoms with van der Waals surface area (Å²) < 4.78 is 35.7. The average Bonchev–Trinajstić information content (AvgIpc) is 2.35. The van der Waals surface area contributed by atoms with E-state index in [1.807, 2.05) is 0 Å². The standard InChI is InChI=1S/C9H4Cl3F3N4O4/c10-8(11,12)7(16)17-6-4(18(20)21)1-3(9(13,14)15)2-5(6)19(22)23/h1-2H,(H2,16,17). The molecule has 14 heteroatoms. The molecule has 8 nitrogen and oxygen atoms in total. The second-order valence-corrected chi connectivity index (χ2v) is 6.15. The lowest BCUT2D eigenvalue weighted by Gasteiger charge is -2.11. The summed E-state index contributed by atoms with van der Waals surface area (Å²) in [5, 5.41) is 21.8. The fourth-order valence-corrected chi connectivity index (χ4v) is 1.47. The van der Waals surface area contributed by atoms with Crippen LogP contribution in [0.1, 0.15) is 5.56 Å². The summed E-state index contributed by atoms with van der Waals surface area (Å²) in [6, 6.07) is 0.134. The van der Waals surface area contributed by atoms with Crippen molar-refractivity contribution in [1.29, 1.82) is 0 Å². The summed E-state index contributed by atoms with van der Waals surface area (Å²) in [6.45, 7) is 0. The van der Waals surface area contributed by atoms with E-state index < -0.39 is 48.3 Å². The van der Waals surface area contributed by atoms with Crippen molar-refractivity contribution in [3.8, 4) is 0 Å². The molecule has 126 valence electrons. The Morgan fingerprint density at radius 2 is 1.48 bits per heavy atom. The Kier molecular flexibility index (Phi) is 5.29. The summed E-state index contributed by atoms with van der Waals surface area (Å²) in [7, 11) is 0. The van der Waals surface area contributed by atoms with Gasteiger partial charge in [-0.05, 0) is 0 Å². The van der Waals surface area contributed by atoms with Crippen LogP contribution < -0.4 is 5.73 Å². The molecule has 0 spiro atoms. The first kappa shape index (κ1) is 19.2. The SMILES string of the molecule is NC(=Nc1c([N+](=O)[O-])cc(C(F)(F)F)cc1[N+](=O)[O-])C(Cl)(Cl)Cl. The minimum Gasteiger partial charge on any atom is -0.384 e. The Morgan fingerprint density at radius 1 is 1.09 bits per heavy atom. The highest BCUT2D eigenvalue weighted by atomic mass is 35.6. The highest BCUT2D eigenvalue weighted by Gasteiger charge is 2.38. The molecule has 0 fully saturated rings. The minimum absolute atomic E-state index is 0.0670. The lowest BCUT2D eigenvalue weighted by Crippen LogP contribution is -2.28. The van der Waals surface area contributed by atoms with Crippen molar-refractivity contribution in [2.45, 2.75) is 9.97 Å². The van der Waals surface area contributed by atoms with Crippen molar-refractivity contribution >= 4 is 57.7 Å². The lowest BCUT2D eigenvalue weighted by atomic mass is 10.1. The van der Waals surface area contributed by atoms with E-state index in [-0.39, 0.29) is 12.1 Å². The van der Waals surface area contributed by atoms with E-state index in [9.17, 15) is 33.4 Å². The fourth-order valence-electron chi connectivity index (χ4n) is 1.34. The Labute approximate surface area is 139 Å². The van der Waals surface area contributed by atoms with Crippen molar-refractivity contribution in [2.75, 3.05) is 0 Å². The average molecular weight is 396 g/mol. The molecule has 0 aliphatic rings. The third-order valence-electron chi connectivity index (χ3n) is 2.31. The molecule has 0 aliphatic carbocycles. The van der Waals surface area contributed by atoms with Gasteiger partial charge in [-0.25, -0.2) is 4.99 Å². The molecule has 23 heavy (non-hydrogen) atoms. The van der Waals surface area contributed by atoms with Crippen LogP contribution in [0.15, 0.2) is 17.1 Å². The summed E-state index contributed by atoms with van der Waals surface area (Å²) in [5.41, 5.74) is -0.0819. The highest BCUT2D eigenvalue weighted by molar-refractivity contribution is 6.76. The number of nitro groups is 2. The van der Waals surface area contributed by atoms with Gasteiger partial charge in [0.15, 0.2) is 5.84 Å². The number of nitro benzene ring substituents is 2. The van der Waals surface area contributed by atoms with Crippen molar-refractivity contribution in [3.63, 3.8) is 0 Å². The first-order chi connectivity index (χ1) is 10.2. The number of amidine groups is 1. The van der Waals surface area contributed by atoms with Gasteiger partial charge in [0.05, 0.1) is 15.4 Å². The molecule has 1 aromatic carbocycles. The molecule has 0 atom stereocenters. The number of hydrogen-bond donors (Lipinski definition) is 1. The van der Waals surface area contributed by atoms with E-state index >= 15 is 0 Å². The monoisotopic (exact) mass is 394 g/mol. The zero-order valence-corrected chi connectivity index (χ0v) is 12.7. The van der Waals surface area contributed by atoms with Gasteiger partial charge in [-0.15, -0.1) is 0 Å². The number of halogens is 6. The fraction of sp³-hybridized carbons (Fsp3) is 0.222. The Morgan fingerprint density at radius 3 is 1.74 bits per heavy atom. The molecule has 0 amide bonds. The molecule has 0 unspecified atom stereocenters. The summed E-state index contributed by atoms with van der Waals surface area (Å²) in [5.74, 6) is -0.895. The second-order valence-electron chi connectivity index (χ2n) is 3.87. The van der Waals surface area contributed by atoms with Crippen molar-refractivity contribution in [3.05, 3.63) is 37.9 Å². The molecule has 1 rings (SSSR count). The summed E-state index contributed by atoms with van der Waals surface area (Å²) in [4.78, 5) is 22.5. The van der Waals surface area contributed by atoms with Crippen LogP contribution in [0.5, 0.6) is 0 Å². The molecule has 0 radical (unpaired) electrons. The van der Waals surface area contributed by atoms with Gasteiger partial charge in [0, 0.05) is 12.1 Å². The van der Waals surface area contributed by atoms with Gasteiger partial charge in [-0.3, -0.25) is 20.2 Å². The van der Waals surface area contributed by atoms with Crippen molar-refractivity contribution in [1.82, 2.24) is 0 Å². The highest BCUT2D eigenvalue weighted by Crippen LogP contribution is 2.43. The molecule has 2 N–H and O–H groups in total. The first-order valence-corrected chi connectivity index (χ1v) is 6.34. The van der Waals surface area contributed by atoms with Gasteiger partial charge < -0.3 is 5.73 Å². The quantitative estimate of drug-likeness (QED) is 0.273. The minimum atomic E-state index is -5.06. The maximum absolute atomic E-state index is 12.7. The zero-order chi connectivity index (χ0) is 18.2. The Balaban J connectivity index is 3.81. The van der Waals surface area contributed by atoms with Crippen LogP contribution in [0, 0.1) is 20.2 Å². The number of rotatable bonds is 3. The molecular formula is C9H4Cl3F3N4O4. The predicted molar refractivity (Wildman–Crippen MR) is 76.3 cm³/mol. The number of nitrogens with zero attached hydrogens (tertiary/aromatic N) is 3. The summed E-state index contributed by atoms with van der Waals surface area (Å²) in [6.07, 6.45) is -5.06. The largest absolute Gasteiger partial charge is 0.416 e. The molecule has 0 aliphatic heterocycles. The van der Waals surface area contributed by atoms with E-state index in [2.05, 4.69) is 4.99 Å². The molecule has 1 aromatic rings. The van der Waals surface area contributed by atoms with Gasteiger partial charge in [0.2, 0.25) is 9.48 Å². The maximum atomic E-state index is 12.7. The predicted octanol–water partition coefficient (Wildman–Crippen LogP) is 3.88. The second kappa shape index (κ2) is 6.34.